The molecule has 4 nitrogen and oxygen atoms in total. The first-order chi connectivity index (χ1) is 9.87. The van der Waals surface area contributed by atoms with Crippen LogP contribution in [0.2, 0.25) is 10.2 Å². The van der Waals surface area contributed by atoms with Gasteiger partial charge in [-0.05, 0) is 50.0 Å². The van der Waals surface area contributed by atoms with Gasteiger partial charge < -0.3 is 0 Å². The van der Waals surface area contributed by atoms with Crippen LogP contribution >= 0.6 is 23.2 Å². The quantitative estimate of drug-likeness (QED) is 0.847. The smallest absolute Gasteiger partial charge is 0.242 e. The van der Waals surface area contributed by atoms with Crippen LogP contribution < -0.4 is 4.72 Å². The van der Waals surface area contributed by atoms with Crippen LogP contribution in [0.3, 0.4) is 0 Å². The van der Waals surface area contributed by atoms with E-state index >= 15 is 0 Å². The highest BCUT2D eigenvalue weighted by molar-refractivity contribution is 7.89. The number of hydrogen-bond acceptors (Lipinski definition) is 3. The van der Waals surface area contributed by atoms with Gasteiger partial charge in [-0.2, -0.15) is 0 Å². The zero-order chi connectivity index (χ0) is 15.2. The molecule has 2 aliphatic carbocycles. The van der Waals surface area contributed by atoms with E-state index in [2.05, 4.69) is 9.71 Å². The summed E-state index contributed by atoms with van der Waals surface area (Å²) in [7, 11) is -3.61. The van der Waals surface area contributed by atoms with E-state index in [0.717, 1.165) is 12.3 Å². The summed E-state index contributed by atoms with van der Waals surface area (Å²) in [6, 6.07) is 1.27. The van der Waals surface area contributed by atoms with Gasteiger partial charge in [-0.1, -0.05) is 29.6 Å². The predicted molar refractivity (Wildman–Crippen MR) is 83.0 cm³/mol. The van der Waals surface area contributed by atoms with Crippen molar-refractivity contribution in [3.05, 3.63) is 22.4 Å². The van der Waals surface area contributed by atoms with Crippen LogP contribution in [0.25, 0.3) is 0 Å². The minimum absolute atomic E-state index is 0.0620. The Morgan fingerprint density at radius 2 is 2.10 bits per heavy atom. The van der Waals surface area contributed by atoms with Crippen molar-refractivity contribution in [2.45, 2.75) is 43.5 Å². The van der Waals surface area contributed by atoms with Gasteiger partial charge in [0.05, 0.1) is 5.02 Å². The molecule has 0 aromatic carbocycles. The molecule has 1 aromatic rings. The Bertz CT molecular complexity index is 650. The molecule has 4 atom stereocenters. The van der Waals surface area contributed by atoms with Crippen LogP contribution in [0.4, 0.5) is 0 Å². The first-order valence-electron chi connectivity index (χ1n) is 7.20. The van der Waals surface area contributed by atoms with Crippen LogP contribution in [-0.2, 0) is 10.0 Å². The second-order valence-electron chi connectivity index (χ2n) is 6.19. The molecule has 0 aliphatic heterocycles. The second kappa shape index (κ2) is 5.69. The van der Waals surface area contributed by atoms with Gasteiger partial charge in [-0.15, -0.1) is 0 Å². The van der Waals surface area contributed by atoms with Crippen molar-refractivity contribution in [3.8, 4) is 0 Å². The molecule has 4 unspecified atom stereocenters. The highest BCUT2D eigenvalue weighted by Crippen LogP contribution is 2.49. The number of sulfonamides is 1. The predicted octanol–water partition coefficient (Wildman–Crippen LogP) is 3.49. The van der Waals surface area contributed by atoms with Crippen molar-refractivity contribution in [2.75, 3.05) is 0 Å². The Morgan fingerprint density at radius 1 is 1.33 bits per heavy atom. The molecule has 116 valence electrons. The lowest BCUT2D eigenvalue weighted by Gasteiger charge is -2.28. The molecule has 3 rings (SSSR count). The molecule has 1 heterocycles. The molecular weight excluding hydrogens is 331 g/mol. The molecule has 2 fully saturated rings. The van der Waals surface area contributed by atoms with E-state index in [1.165, 1.54) is 31.5 Å². The molecule has 1 N–H and O–H groups in total. The third-order valence-corrected chi connectivity index (χ3v) is 7.07. The van der Waals surface area contributed by atoms with Crippen molar-refractivity contribution >= 4 is 33.2 Å². The van der Waals surface area contributed by atoms with Gasteiger partial charge in [0.25, 0.3) is 0 Å². The Balaban J connectivity index is 1.75. The fraction of sp³-hybridized carbons (Fsp3) is 0.643. The average Bonchev–Trinajstić information content (AvgIpc) is 3.03. The lowest BCUT2D eigenvalue weighted by Crippen LogP contribution is -2.40. The molecule has 2 aliphatic rings. The minimum Gasteiger partial charge on any atom is -0.242 e. The summed E-state index contributed by atoms with van der Waals surface area (Å²) < 4.78 is 27.6. The van der Waals surface area contributed by atoms with Gasteiger partial charge in [0.2, 0.25) is 10.0 Å². The summed E-state index contributed by atoms with van der Waals surface area (Å²) >= 11 is 11.6. The van der Waals surface area contributed by atoms with E-state index in [1.807, 2.05) is 6.92 Å². The summed E-state index contributed by atoms with van der Waals surface area (Å²) in [4.78, 5) is 3.86. The number of fused-ring (bicyclic) bond motifs is 2. The van der Waals surface area contributed by atoms with Crippen LogP contribution in [-0.4, -0.2) is 19.4 Å². The average molecular weight is 349 g/mol. The van der Waals surface area contributed by atoms with Gasteiger partial charge in [0.1, 0.15) is 10.0 Å². The van der Waals surface area contributed by atoms with Gasteiger partial charge >= 0.3 is 0 Å². The van der Waals surface area contributed by atoms with Gasteiger partial charge in [-0.25, -0.2) is 18.1 Å². The van der Waals surface area contributed by atoms with E-state index in [9.17, 15) is 8.42 Å². The molecule has 1 aromatic heterocycles. The molecule has 0 amide bonds. The molecule has 7 heteroatoms. The number of hydrogen-bond donors (Lipinski definition) is 1. The number of nitrogens with zero attached hydrogens (tertiary/aromatic N) is 1. The van der Waals surface area contributed by atoms with E-state index in [-0.39, 0.29) is 21.1 Å². The number of pyridine rings is 1. The van der Waals surface area contributed by atoms with Crippen LogP contribution in [0.1, 0.15) is 32.6 Å². The van der Waals surface area contributed by atoms with Crippen molar-refractivity contribution in [1.82, 2.24) is 9.71 Å². The largest absolute Gasteiger partial charge is 0.242 e. The zero-order valence-corrected chi connectivity index (χ0v) is 14.0. The molecular formula is C14H18Cl2N2O2S. The molecule has 0 radical (unpaired) electrons. The second-order valence-corrected chi connectivity index (χ2v) is 8.67. The lowest BCUT2D eigenvalue weighted by atomic mass is 9.84. The monoisotopic (exact) mass is 348 g/mol. The van der Waals surface area contributed by atoms with E-state index in [0.29, 0.717) is 11.8 Å². The first kappa shape index (κ1) is 15.5. The summed E-state index contributed by atoms with van der Waals surface area (Å²) in [5.41, 5.74) is 0. The molecule has 0 spiro atoms. The molecule has 2 saturated carbocycles. The summed E-state index contributed by atoms with van der Waals surface area (Å²) in [6.07, 6.45) is 6.16. The molecule has 21 heavy (non-hydrogen) atoms. The van der Waals surface area contributed by atoms with Crippen LogP contribution in [0.5, 0.6) is 0 Å². The Morgan fingerprint density at radius 3 is 2.67 bits per heavy atom. The standard InChI is InChI=1S/C14H18Cl2N2O2S/c1-8(12-5-9-2-3-10(12)4-9)18-21(19,20)11-6-13(15)14(16)17-7-11/h6-10,12,18H,2-5H2,1H3. The van der Waals surface area contributed by atoms with Gasteiger partial charge in [0, 0.05) is 12.2 Å². The fourth-order valence-corrected chi connectivity index (χ4v) is 5.46. The Labute approximate surface area is 135 Å². The highest BCUT2D eigenvalue weighted by atomic mass is 35.5. The van der Waals surface area contributed by atoms with Crippen molar-refractivity contribution < 1.29 is 8.42 Å². The third kappa shape index (κ3) is 3.07. The zero-order valence-electron chi connectivity index (χ0n) is 11.7. The Hall–Kier alpha value is -0.360. The minimum atomic E-state index is -3.61. The number of nitrogens with one attached hydrogen (secondary N) is 1. The summed E-state index contributed by atoms with van der Waals surface area (Å²) in [5, 5.41) is 0.254. The molecule has 2 bridgehead atoms. The maximum absolute atomic E-state index is 12.4. The van der Waals surface area contributed by atoms with E-state index < -0.39 is 10.0 Å². The summed E-state index contributed by atoms with van der Waals surface area (Å²) in [5.74, 6) is 1.90. The number of halogens is 2. The topological polar surface area (TPSA) is 59.1 Å². The lowest BCUT2D eigenvalue weighted by molar-refractivity contribution is 0.280. The van der Waals surface area contributed by atoms with Crippen molar-refractivity contribution in [3.63, 3.8) is 0 Å². The normalized spacial score (nSPS) is 29.8. The summed E-state index contributed by atoms with van der Waals surface area (Å²) in [6.45, 7) is 1.95. The first-order valence-corrected chi connectivity index (χ1v) is 9.44. The van der Waals surface area contributed by atoms with Crippen LogP contribution in [0.15, 0.2) is 17.2 Å². The van der Waals surface area contributed by atoms with Gasteiger partial charge in [-0.3, -0.25) is 0 Å². The van der Waals surface area contributed by atoms with E-state index in [1.54, 1.807) is 0 Å². The van der Waals surface area contributed by atoms with Crippen molar-refractivity contribution in [1.29, 1.82) is 0 Å². The van der Waals surface area contributed by atoms with Crippen LogP contribution in [0, 0.1) is 17.8 Å². The maximum atomic E-state index is 12.4. The molecule has 0 saturated heterocycles. The number of aromatic nitrogens is 1. The highest BCUT2D eigenvalue weighted by Gasteiger charge is 2.42. The Kier molecular flexibility index (Phi) is 4.21. The fourth-order valence-electron chi connectivity index (χ4n) is 3.86. The van der Waals surface area contributed by atoms with E-state index in [4.69, 9.17) is 23.2 Å². The maximum Gasteiger partial charge on any atom is 0.242 e. The third-order valence-electron chi connectivity index (χ3n) is 4.86. The van der Waals surface area contributed by atoms with Crippen molar-refractivity contribution in [2.24, 2.45) is 17.8 Å². The SMILES string of the molecule is CC(NS(=O)(=O)c1cnc(Cl)c(Cl)c1)C1CC2CCC1C2. The van der Waals surface area contributed by atoms with Gasteiger partial charge in [0.15, 0.2) is 0 Å². The number of rotatable bonds is 4.